The number of pyridine rings is 1. The SMILES string of the molecule is COc1ccc(C(C)C)cc1CN1CCCCCCCN(C(=O)c2ccncc2)c2ccc(C(=O)O)cc2C1. The average molecular weight is 530 g/mol. The average Bonchev–Trinajstić information content (AvgIpc) is 2.94. The lowest BCUT2D eigenvalue weighted by Gasteiger charge is -2.30. The van der Waals surface area contributed by atoms with Gasteiger partial charge in [0.15, 0.2) is 0 Å². The zero-order valence-corrected chi connectivity index (χ0v) is 23.2. The van der Waals surface area contributed by atoms with Gasteiger partial charge in [0.2, 0.25) is 0 Å². The molecule has 0 aliphatic carbocycles. The van der Waals surface area contributed by atoms with Gasteiger partial charge in [0.1, 0.15) is 5.75 Å². The van der Waals surface area contributed by atoms with Crippen molar-refractivity contribution >= 4 is 17.6 Å². The van der Waals surface area contributed by atoms with Crippen LogP contribution in [0.2, 0.25) is 0 Å². The molecule has 0 radical (unpaired) electrons. The molecule has 3 aromatic rings. The summed E-state index contributed by atoms with van der Waals surface area (Å²) in [6, 6.07) is 14.9. The molecule has 0 unspecified atom stereocenters. The second kappa shape index (κ2) is 13.4. The van der Waals surface area contributed by atoms with E-state index in [1.54, 1.807) is 49.8 Å². The normalized spacial score (nSPS) is 15.2. The van der Waals surface area contributed by atoms with E-state index in [0.29, 0.717) is 31.1 Å². The molecule has 7 heteroatoms. The van der Waals surface area contributed by atoms with Crippen LogP contribution in [0, 0.1) is 0 Å². The van der Waals surface area contributed by atoms with Gasteiger partial charge in [-0.25, -0.2) is 4.79 Å². The molecule has 1 aromatic heterocycles. The summed E-state index contributed by atoms with van der Waals surface area (Å²) in [5, 5.41) is 9.78. The quantitative estimate of drug-likeness (QED) is 0.391. The van der Waals surface area contributed by atoms with Gasteiger partial charge in [0, 0.05) is 48.8 Å². The largest absolute Gasteiger partial charge is 0.496 e. The Bertz CT molecular complexity index is 1280. The Morgan fingerprint density at radius 2 is 1.64 bits per heavy atom. The van der Waals surface area contributed by atoms with Crippen molar-refractivity contribution in [2.24, 2.45) is 0 Å². The van der Waals surface area contributed by atoms with Crippen molar-refractivity contribution in [2.45, 2.75) is 65.0 Å². The first-order valence-electron chi connectivity index (χ1n) is 13.8. The first-order valence-corrected chi connectivity index (χ1v) is 13.8. The number of ether oxygens (including phenoxy) is 1. The maximum atomic E-state index is 13.7. The molecule has 2 aromatic carbocycles. The Balaban J connectivity index is 1.75. The molecule has 2 heterocycles. The number of benzene rings is 2. The van der Waals surface area contributed by atoms with Gasteiger partial charge in [-0.1, -0.05) is 45.2 Å². The summed E-state index contributed by atoms with van der Waals surface area (Å²) < 4.78 is 5.71. The first kappa shape index (κ1) is 28.3. The van der Waals surface area contributed by atoms with E-state index in [0.717, 1.165) is 61.2 Å². The Hall–Kier alpha value is -3.71. The number of carboxylic acid groups (broad SMARTS) is 1. The number of carbonyl (C=O) groups is 2. The predicted molar refractivity (Wildman–Crippen MR) is 154 cm³/mol. The van der Waals surface area contributed by atoms with Crippen LogP contribution < -0.4 is 9.64 Å². The number of rotatable bonds is 6. The number of hydrogen-bond acceptors (Lipinski definition) is 5. The summed E-state index contributed by atoms with van der Waals surface area (Å²) in [6.07, 6.45) is 8.45. The van der Waals surface area contributed by atoms with Crippen molar-refractivity contribution in [2.75, 3.05) is 25.1 Å². The summed E-state index contributed by atoms with van der Waals surface area (Å²) in [6.45, 7) is 6.99. The van der Waals surface area contributed by atoms with Gasteiger partial charge in [-0.15, -0.1) is 0 Å². The lowest BCUT2D eigenvalue weighted by Crippen LogP contribution is -2.34. The minimum atomic E-state index is -0.978. The molecule has 0 saturated heterocycles. The van der Waals surface area contributed by atoms with Crippen molar-refractivity contribution in [1.29, 1.82) is 0 Å². The van der Waals surface area contributed by atoms with E-state index >= 15 is 0 Å². The third kappa shape index (κ3) is 7.24. The number of fused-ring (bicyclic) bond motifs is 1. The highest BCUT2D eigenvalue weighted by Crippen LogP contribution is 2.30. The summed E-state index contributed by atoms with van der Waals surface area (Å²) in [7, 11) is 1.70. The smallest absolute Gasteiger partial charge is 0.335 e. The number of carbonyl (C=O) groups excluding carboxylic acids is 1. The lowest BCUT2D eigenvalue weighted by molar-refractivity contribution is 0.0696. The van der Waals surface area contributed by atoms with Gasteiger partial charge < -0.3 is 14.7 Å². The van der Waals surface area contributed by atoms with E-state index in [9.17, 15) is 14.7 Å². The summed E-state index contributed by atoms with van der Waals surface area (Å²) in [4.78, 5) is 33.9. The van der Waals surface area contributed by atoms with Gasteiger partial charge in [-0.2, -0.15) is 0 Å². The molecule has 4 rings (SSSR count). The molecule has 0 spiro atoms. The van der Waals surface area contributed by atoms with Gasteiger partial charge in [0.05, 0.1) is 12.7 Å². The zero-order chi connectivity index (χ0) is 27.8. The topological polar surface area (TPSA) is 83.0 Å². The van der Waals surface area contributed by atoms with E-state index < -0.39 is 5.97 Å². The fraction of sp³-hybridized carbons (Fsp3) is 0.406. The Kier molecular flexibility index (Phi) is 9.71. The Morgan fingerprint density at radius 3 is 2.33 bits per heavy atom. The molecule has 1 N–H and O–H groups in total. The van der Waals surface area contributed by atoms with Crippen LogP contribution >= 0.6 is 0 Å². The van der Waals surface area contributed by atoms with Gasteiger partial charge in [0.25, 0.3) is 5.91 Å². The van der Waals surface area contributed by atoms with Crippen LogP contribution in [0.25, 0.3) is 0 Å². The standard InChI is InChI=1S/C32H39N3O4/c1-23(2)25-10-12-30(39-3)28(19-25)22-34-17-7-5-4-6-8-18-35(31(36)24-13-15-33-16-14-24)29-11-9-26(32(37)38)20-27(29)21-34/h9-16,19-20,23H,4-8,17-18,21-22H2,1-3H3,(H,37,38). The van der Waals surface area contributed by atoms with Gasteiger partial charge >= 0.3 is 5.97 Å². The molecule has 1 amide bonds. The van der Waals surface area contributed by atoms with Crippen molar-refractivity contribution in [3.8, 4) is 5.75 Å². The lowest BCUT2D eigenvalue weighted by atomic mass is 9.99. The fourth-order valence-electron chi connectivity index (χ4n) is 5.20. The van der Waals surface area contributed by atoms with E-state index in [2.05, 4.69) is 35.9 Å². The third-order valence-electron chi connectivity index (χ3n) is 7.40. The van der Waals surface area contributed by atoms with Crippen LogP contribution in [-0.2, 0) is 13.1 Å². The maximum Gasteiger partial charge on any atom is 0.335 e. The van der Waals surface area contributed by atoms with E-state index in [-0.39, 0.29) is 11.5 Å². The molecular formula is C32H39N3O4. The van der Waals surface area contributed by atoms with E-state index in [1.165, 1.54) is 5.56 Å². The minimum absolute atomic E-state index is 0.100. The number of carboxylic acids is 1. The Morgan fingerprint density at radius 1 is 0.923 bits per heavy atom. The van der Waals surface area contributed by atoms with Crippen molar-refractivity contribution in [1.82, 2.24) is 9.88 Å². The van der Waals surface area contributed by atoms with Crippen molar-refractivity contribution in [3.63, 3.8) is 0 Å². The molecule has 0 atom stereocenters. The third-order valence-corrected chi connectivity index (χ3v) is 7.40. The minimum Gasteiger partial charge on any atom is -0.496 e. The number of aromatic nitrogens is 1. The molecular weight excluding hydrogens is 490 g/mol. The van der Waals surface area contributed by atoms with Crippen LogP contribution in [0.4, 0.5) is 5.69 Å². The van der Waals surface area contributed by atoms with Crippen LogP contribution in [0.1, 0.15) is 89.3 Å². The molecule has 39 heavy (non-hydrogen) atoms. The van der Waals surface area contributed by atoms with Crippen molar-refractivity contribution in [3.05, 3.63) is 88.7 Å². The number of anilines is 1. The highest BCUT2D eigenvalue weighted by molar-refractivity contribution is 6.06. The maximum absolute atomic E-state index is 13.7. The predicted octanol–water partition coefficient (Wildman–Crippen LogP) is 6.52. The molecule has 0 saturated carbocycles. The Labute approximate surface area is 231 Å². The fourth-order valence-corrected chi connectivity index (χ4v) is 5.20. The van der Waals surface area contributed by atoms with Crippen LogP contribution in [0.15, 0.2) is 60.9 Å². The first-order chi connectivity index (χ1) is 18.9. The van der Waals surface area contributed by atoms with Gasteiger partial charge in [-0.05, 0) is 72.8 Å². The number of aromatic carboxylic acids is 1. The van der Waals surface area contributed by atoms with Crippen LogP contribution in [-0.4, -0.2) is 47.1 Å². The number of nitrogens with zero attached hydrogens (tertiary/aromatic N) is 3. The molecule has 0 fully saturated rings. The number of amides is 1. The zero-order valence-electron chi connectivity index (χ0n) is 23.2. The summed E-state index contributed by atoms with van der Waals surface area (Å²) >= 11 is 0. The number of hydrogen-bond donors (Lipinski definition) is 1. The van der Waals surface area contributed by atoms with Gasteiger partial charge in [-0.3, -0.25) is 14.7 Å². The van der Waals surface area contributed by atoms with Crippen LogP contribution in [0.5, 0.6) is 5.75 Å². The highest BCUT2D eigenvalue weighted by atomic mass is 16.5. The second-order valence-corrected chi connectivity index (χ2v) is 10.5. The molecule has 0 bridgehead atoms. The monoisotopic (exact) mass is 529 g/mol. The number of methoxy groups -OCH3 is 1. The highest BCUT2D eigenvalue weighted by Gasteiger charge is 2.23. The van der Waals surface area contributed by atoms with E-state index in [4.69, 9.17) is 4.74 Å². The van der Waals surface area contributed by atoms with Crippen molar-refractivity contribution < 1.29 is 19.4 Å². The summed E-state index contributed by atoms with van der Waals surface area (Å²) in [5.41, 5.74) is 4.74. The molecule has 7 nitrogen and oxygen atoms in total. The molecule has 206 valence electrons. The van der Waals surface area contributed by atoms with Crippen LogP contribution in [0.3, 0.4) is 0 Å². The summed E-state index contributed by atoms with van der Waals surface area (Å²) in [5.74, 6) is 0.164. The second-order valence-electron chi connectivity index (χ2n) is 10.5. The van der Waals surface area contributed by atoms with E-state index in [1.807, 2.05) is 11.0 Å². The molecule has 1 aliphatic rings. The molecule has 1 aliphatic heterocycles.